The number of ether oxygens (including phenoxy) is 1. The predicted octanol–water partition coefficient (Wildman–Crippen LogP) is 5.25. The van der Waals surface area contributed by atoms with Crippen LogP contribution in [0, 0.1) is 13.8 Å². The first-order valence-corrected chi connectivity index (χ1v) is 11.7. The molecule has 5 rings (SSSR count). The van der Waals surface area contributed by atoms with Crippen molar-refractivity contribution in [3.8, 4) is 5.75 Å². The van der Waals surface area contributed by atoms with E-state index < -0.39 is 0 Å². The molecule has 29 heavy (non-hydrogen) atoms. The summed E-state index contributed by atoms with van der Waals surface area (Å²) >= 11 is 3.55. The molecule has 0 unspecified atom stereocenters. The van der Waals surface area contributed by atoms with E-state index in [2.05, 4.69) is 47.9 Å². The molecule has 0 amide bonds. The van der Waals surface area contributed by atoms with Gasteiger partial charge in [-0.05, 0) is 56.2 Å². The standard InChI is InChI=1S/C22H24N4OS2/c1-4-27-16-6-7-17-19(13-16)29-21(23-17)25-9-11-26(12-10-25)22-24-20-15(3)14(2)5-8-18(20)28-22/h5-8,13H,4,9-12H2,1-3H3. The van der Waals surface area contributed by atoms with Crippen molar-refractivity contribution in [3.05, 3.63) is 41.5 Å². The number of thiazole rings is 2. The van der Waals surface area contributed by atoms with Crippen LogP contribution in [-0.4, -0.2) is 42.8 Å². The normalized spacial score (nSPS) is 14.9. The molecule has 1 fully saturated rings. The van der Waals surface area contributed by atoms with Gasteiger partial charge in [0, 0.05) is 26.2 Å². The van der Waals surface area contributed by atoms with Crippen molar-refractivity contribution in [3.63, 3.8) is 0 Å². The second-order valence-electron chi connectivity index (χ2n) is 7.38. The minimum Gasteiger partial charge on any atom is -0.494 e. The lowest BCUT2D eigenvalue weighted by Gasteiger charge is -2.34. The minimum absolute atomic E-state index is 0.685. The molecule has 2 aromatic heterocycles. The third kappa shape index (κ3) is 3.42. The molecule has 0 bridgehead atoms. The van der Waals surface area contributed by atoms with Gasteiger partial charge in [0.25, 0.3) is 0 Å². The highest BCUT2D eigenvalue weighted by Crippen LogP contribution is 2.34. The van der Waals surface area contributed by atoms with Gasteiger partial charge in [0.1, 0.15) is 5.75 Å². The van der Waals surface area contributed by atoms with Crippen LogP contribution in [0.25, 0.3) is 20.4 Å². The average molecular weight is 425 g/mol. The quantitative estimate of drug-likeness (QED) is 0.448. The van der Waals surface area contributed by atoms with E-state index in [4.69, 9.17) is 14.7 Å². The Morgan fingerprint density at radius 2 is 1.59 bits per heavy atom. The lowest BCUT2D eigenvalue weighted by Crippen LogP contribution is -2.46. The smallest absolute Gasteiger partial charge is 0.186 e. The second kappa shape index (κ2) is 7.46. The van der Waals surface area contributed by atoms with Crippen LogP contribution in [0.1, 0.15) is 18.1 Å². The largest absolute Gasteiger partial charge is 0.494 e. The monoisotopic (exact) mass is 424 g/mol. The van der Waals surface area contributed by atoms with Gasteiger partial charge in [0.05, 0.1) is 27.0 Å². The van der Waals surface area contributed by atoms with Crippen molar-refractivity contribution >= 4 is 53.4 Å². The predicted molar refractivity (Wildman–Crippen MR) is 124 cm³/mol. The number of piperazine rings is 1. The molecule has 1 saturated heterocycles. The van der Waals surface area contributed by atoms with E-state index >= 15 is 0 Å². The molecule has 4 aromatic rings. The maximum Gasteiger partial charge on any atom is 0.186 e. The van der Waals surface area contributed by atoms with Crippen LogP contribution >= 0.6 is 22.7 Å². The summed E-state index contributed by atoms with van der Waals surface area (Å²) in [5.74, 6) is 0.918. The van der Waals surface area contributed by atoms with Gasteiger partial charge in [0.15, 0.2) is 10.3 Å². The topological polar surface area (TPSA) is 41.5 Å². The molecule has 0 radical (unpaired) electrons. The Morgan fingerprint density at radius 3 is 2.31 bits per heavy atom. The van der Waals surface area contributed by atoms with Crippen LogP contribution in [0.4, 0.5) is 10.3 Å². The number of hydrogen-bond donors (Lipinski definition) is 0. The van der Waals surface area contributed by atoms with Crippen molar-refractivity contribution in [2.45, 2.75) is 20.8 Å². The molecular formula is C22H24N4OS2. The van der Waals surface area contributed by atoms with Gasteiger partial charge in [-0.3, -0.25) is 0 Å². The maximum absolute atomic E-state index is 5.63. The number of nitrogens with zero attached hydrogens (tertiary/aromatic N) is 4. The highest BCUT2D eigenvalue weighted by Gasteiger charge is 2.22. The Labute approximate surface area is 178 Å². The molecular weight excluding hydrogens is 400 g/mol. The van der Waals surface area contributed by atoms with Crippen molar-refractivity contribution < 1.29 is 4.74 Å². The Kier molecular flexibility index (Phi) is 4.80. The fraction of sp³-hybridized carbons (Fsp3) is 0.364. The fourth-order valence-electron chi connectivity index (χ4n) is 3.72. The van der Waals surface area contributed by atoms with Gasteiger partial charge in [-0.25, -0.2) is 9.97 Å². The third-order valence-corrected chi connectivity index (χ3v) is 7.71. The van der Waals surface area contributed by atoms with Gasteiger partial charge in [0.2, 0.25) is 0 Å². The van der Waals surface area contributed by atoms with E-state index in [-0.39, 0.29) is 0 Å². The Hall–Kier alpha value is -2.38. The molecule has 0 spiro atoms. The third-order valence-electron chi connectivity index (χ3n) is 5.55. The lowest BCUT2D eigenvalue weighted by atomic mass is 10.1. The summed E-state index contributed by atoms with van der Waals surface area (Å²) in [6.07, 6.45) is 0. The first-order chi connectivity index (χ1) is 14.1. The number of fused-ring (bicyclic) bond motifs is 2. The summed E-state index contributed by atoms with van der Waals surface area (Å²) in [5, 5.41) is 2.24. The summed E-state index contributed by atoms with van der Waals surface area (Å²) in [5.41, 5.74) is 4.81. The zero-order valence-electron chi connectivity index (χ0n) is 16.9. The van der Waals surface area contributed by atoms with Gasteiger partial charge in [-0.1, -0.05) is 28.7 Å². The van der Waals surface area contributed by atoms with Crippen LogP contribution in [0.3, 0.4) is 0 Å². The summed E-state index contributed by atoms with van der Waals surface area (Å²) in [7, 11) is 0. The SMILES string of the molecule is CCOc1ccc2nc(N3CCN(c4nc5c(C)c(C)ccc5s4)CC3)sc2c1. The zero-order valence-corrected chi connectivity index (χ0v) is 18.6. The van der Waals surface area contributed by atoms with Crippen LogP contribution in [0.15, 0.2) is 30.3 Å². The molecule has 2 aromatic carbocycles. The summed E-state index contributed by atoms with van der Waals surface area (Å²) in [4.78, 5) is 14.6. The zero-order chi connectivity index (χ0) is 20.0. The molecule has 0 atom stereocenters. The Morgan fingerprint density at radius 1 is 0.897 bits per heavy atom. The van der Waals surface area contributed by atoms with E-state index in [1.165, 1.54) is 20.5 Å². The van der Waals surface area contributed by atoms with Crippen LogP contribution < -0.4 is 14.5 Å². The van der Waals surface area contributed by atoms with Crippen molar-refractivity contribution in [2.24, 2.45) is 0 Å². The molecule has 0 N–H and O–H groups in total. The molecule has 7 heteroatoms. The molecule has 0 aliphatic carbocycles. The fourth-order valence-corrected chi connectivity index (χ4v) is 5.85. The van der Waals surface area contributed by atoms with E-state index in [0.717, 1.165) is 53.2 Å². The Bertz CT molecular complexity index is 1170. The summed E-state index contributed by atoms with van der Waals surface area (Å²) in [6.45, 7) is 10.9. The number of anilines is 2. The molecule has 3 heterocycles. The number of aromatic nitrogens is 2. The van der Waals surface area contributed by atoms with Crippen molar-refractivity contribution in [1.29, 1.82) is 0 Å². The van der Waals surface area contributed by atoms with Crippen LogP contribution in [-0.2, 0) is 0 Å². The highest BCUT2D eigenvalue weighted by molar-refractivity contribution is 7.22. The molecule has 1 aliphatic rings. The first-order valence-electron chi connectivity index (χ1n) is 10.0. The van der Waals surface area contributed by atoms with Crippen LogP contribution in [0.2, 0.25) is 0 Å². The summed E-state index contributed by atoms with van der Waals surface area (Å²) in [6, 6.07) is 10.6. The molecule has 150 valence electrons. The first kappa shape index (κ1) is 18.6. The van der Waals surface area contributed by atoms with Gasteiger partial charge < -0.3 is 14.5 Å². The molecule has 5 nitrogen and oxygen atoms in total. The molecule has 0 saturated carbocycles. The maximum atomic E-state index is 5.63. The number of rotatable bonds is 4. The molecule has 1 aliphatic heterocycles. The minimum atomic E-state index is 0.685. The van der Waals surface area contributed by atoms with Crippen molar-refractivity contribution in [2.75, 3.05) is 42.6 Å². The van der Waals surface area contributed by atoms with Gasteiger partial charge in [-0.15, -0.1) is 0 Å². The number of aryl methyl sites for hydroxylation is 2. The highest BCUT2D eigenvalue weighted by atomic mass is 32.1. The van der Waals surface area contributed by atoms with Crippen LogP contribution in [0.5, 0.6) is 5.75 Å². The number of hydrogen-bond acceptors (Lipinski definition) is 7. The Balaban J connectivity index is 1.32. The van der Waals surface area contributed by atoms with E-state index in [9.17, 15) is 0 Å². The van der Waals surface area contributed by atoms with E-state index in [1.807, 2.05) is 13.0 Å². The van der Waals surface area contributed by atoms with E-state index in [0.29, 0.717) is 6.61 Å². The second-order valence-corrected chi connectivity index (χ2v) is 9.40. The average Bonchev–Trinajstić information content (AvgIpc) is 3.36. The number of benzene rings is 2. The lowest BCUT2D eigenvalue weighted by molar-refractivity contribution is 0.341. The van der Waals surface area contributed by atoms with E-state index in [1.54, 1.807) is 22.7 Å². The van der Waals surface area contributed by atoms with Gasteiger partial charge in [-0.2, -0.15) is 0 Å². The van der Waals surface area contributed by atoms with Crippen molar-refractivity contribution in [1.82, 2.24) is 9.97 Å². The van der Waals surface area contributed by atoms with Gasteiger partial charge >= 0.3 is 0 Å². The summed E-state index contributed by atoms with van der Waals surface area (Å²) < 4.78 is 8.09.